The molecule has 0 amide bonds. The average Bonchev–Trinajstić information content (AvgIpc) is 2.95. The summed E-state index contributed by atoms with van der Waals surface area (Å²) in [7, 11) is 0. The van der Waals surface area contributed by atoms with Gasteiger partial charge in [0, 0.05) is 10.5 Å². The number of benzene rings is 1. The summed E-state index contributed by atoms with van der Waals surface area (Å²) in [4.78, 5) is 4.48. The van der Waals surface area contributed by atoms with Crippen molar-refractivity contribution in [2.75, 3.05) is 10.6 Å². The van der Waals surface area contributed by atoms with Gasteiger partial charge in [0.15, 0.2) is 5.82 Å². The zero-order valence-corrected chi connectivity index (χ0v) is 13.5. The summed E-state index contributed by atoms with van der Waals surface area (Å²) in [5, 5.41) is 14.7. The number of aryl methyl sites for hydroxylation is 1. The molecule has 3 rings (SSSR count). The minimum Gasteiger partial charge on any atom is -0.350 e. The summed E-state index contributed by atoms with van der Waals surface area (Å²) in [6.07, 6.45) is 6.56. The lowest BCUT2D eigenvalue weighted by atomic mass is 10.2. The SMILES string of the molecule is Cc1ccc(Nc2cnnc(NC3CCCC3)n2)c(Br)c1. The Kier molecular flexibility index (Phi) is 4.34. The van der Waals surface area contributed by atoms with Gasteiger partial charge >= 0.3 is 0 Å². The maximum Gasteiger partial charge on any atom is 0.244 e. The Balaban J connectivity index is 1.73. The van der Waals surface area contributed by atoms with Crippen LogP contribution in [0.1, 0.15) is 31.2 Å². The fourth-order valence-corrected chi connectivity index (χ4v) is 3.13. The van der Waals surface area contributed by atoms with Crippen LogP contribution in [0.4, 0.5) is 17.5 Å². The van der Waals surface area contributed by atoms with Crippen molar-refractivity contribution in [2.45, 2.75) is 38.6 Å². The van der Waals surface area contributed by atoms with Crippen LogP contribution in [0.3, 0.4) is 0 Å². The molecule has 0 bridgehead atoms. The molecule has 0 saturated heterocycles. The predicted molar refractivity (Wildman–Crippen MR) is 87.9 cm³/mol. The molecule has 1 aromatic carbocycles. The van der Waals surface area contributed by atoms with Crippen LogP contribution < -0.4 is 10.6 Å². The molecule has 1 saturated carbocycles. The van der Waals surface area contributed by atoms with E-state index in [1.807, 2.05) is 6.07 Å². The molecule has 1 aliphatic carbocycles. The van der Waals surface area contributed by atoms with E-state index in [-0.39, 0.29) is 0 Å². The van der Waals surface area contributed by atoms with Gasteiger partial charge in [0.1, 0.15) is 0 Å². The average molecular weight is 348 g/mol. The first kappa shape index (κ1) is 14.3. The van der Waals surface area contributed by atoms with E-state index in [4.69, 9.17) is 0 Å². The molecule has 0 unspecified atom stereocenters. The van der Waals surface area contributed by atoms with Crippen molar-refractivity contribution < 1.29 is 0 Å². The van der Waals surface area contributed by atoms with Crippen LogP contribution in [-0.4, -0.2) is 21.2 Å². The molecule has 0 atom stereocenters. The van der Waals surface area contributed by atoms with Gasteiger partial charge in [-0.3, -0.25) is 0 Å². The zero-order chi connectivity index (χ0) is 14.7. The van der Waals surface area contributed by atoms with Gasteiger partial charge in [-0.15, -0.1) is 5.10 Å². The molecule has 0 radical (unpaired) electrons. The van der Waals surface area contributed by atoms with Crippen LogP contribution in [0.25, 0.3) is 0 Å². The van der Waals surface area contributed by atoms with E-state index < -0.39 is 0 Å². The number of nitrogens with zero attached hydrogens (tertiary/aromatic N) is 3. The third kappa shape index (κ3) is 3.69. The normalized spacial score (nSPS) is 15.1. The van der Waals surface area contributed by atoms with E-state index in [1.54, 1.807) is 6.20 Å². The largest absolute Gasteiger partial charge is 0.350 e. The molecular formula is C15H18BrN5. The maximum atomic E-state index is 4.48. The lowest BCUT2D eigenvalue weighted by Gasteiger charge is -2.12. The van der Waals surface area contributed by atoms with Gasteiger partial charge in [-0.1, -0.05) is 18.9 Å². The Morgan fingerprint density at radius 3 is 2.81 bits per heavy atom. The maximum absolute atomic E-state index is 4.48. The lowest BCUT2D eigenvalue weighted by molar-refractivity contribution is 0.738. The minimum absolute atomic E-state index is 0.480. The van der Waals surface area contributed by atoms with Gasteiger partial charge in [-0.2, -0.15) is 10.1 Å². The van der Waals surface area contributed by atoms with Crippen molar-refractivity contribution in [3.63, 3.8) is 0 Å². The van der Waals surface area contributed by atoms with Gasteiger partial charge in [-0.05, 0) is 53.4 Å². The molecule has 2 aromatic rings. The highest BCUT2D eigenvalue weighted by atomic mass is 79.9. The van der Waals surface area contributed by atoms with E-state index in [9.17, 15) is 0 Å². The van der Waals surface area contributed by atoms with E-state index in [0.29, 0.717) is 17.8 Å². The first-order chi connectivity index (χ1) is 10.2. The number of hydrogen-bond acceptors (Lipinski definition) is 5. The fourth-order valence-electron chi connectivity index (χ4n) is 2.54. The summed E-state index contributed by atoms with van der Waals surface area (Å²) < 4.78 is 1.01. The second-order valence-corrected chi connectivity index (χ2v) is 6.25. The van der Waals surface area contributed by atoms with E-state index in [0.717, 1.165) is 10.2 Å². The molecule has 110 valence electrons. The van der Waals surface area contributed by atoms with Gasteiger partial charge < -0.3 is 10.6 Å². The second kappa shape index (κ2) is 6.39. The van der Waals surface area contributed by atoms with Crippen LogP contribution in [0.2, 0.25) is 0 Å². The fraction of sp³-hybridized carbons (Fsp3) is 0.400. The van der Waals surface area contributed by atoms with Crippen LogP contribution >= 0.6 is 15.9 Å². The Hall–Kier alpha value is -1.69. The van der Waals surface area contributed by atoms with Crippen molar-refractivity contribution in [1.29, 1.82) is 0 Å². The number of rotatable bonds is 4. The highest BCUT2D eigenvalue weighted by molar-refractivity contribution is 9.10. The number of halogens is 1. The Bertz CT molecular complexity index is 625. The van der Waals surface area contributed by atoms with Crippen molar-refractivity contribution in [2.24, 2.45) is 0 Å². The van der Waals surface area contributed by atoms with Crippen molar-refractivity contribution in [3.05, 3.63) is 34.4 Å². The first-order valence-corrected chi connectivity index (χ1v) is 7.99. The third-order valence-corrected chi connectivity index (χ3v) is 4.29. The highest BCUT2D eigenvalue weighted by Crippen LogP contribution is 2.26. The predicted octanol–water partition coefficient (Wildman–Crippen LogP) is 4.04. The number of anilines is 3. The van der Waals surface area contributed by atoms with Crippen molar-refractivity contribution in [3.8, 4) is 0 Å². The van der Waals surface area contributed by atoms with Gasteiger partial charge in [0.2, 0.25) is 5.95 Å². The van der Waals surface area contributed by atoms with E-state index >= 15 is 0 Å². The molecule has 5 nitrogen and oxygen atoms in total. The van der Waals surface area contributed by atoms with Gasteiger partial charge in [0.25, 0.3) is 0 Å². The first-order valence-electron chi connectivity index (χ1n) is 7.20. The quantitative estimate of drug-likeness (QED) is 0.873. The molecule has 1 fully saturated rings. The molecule has 2 N–H and O–H groups in total. The second-order valence-electron chi connectivity index (χ2n) is 5.40. The molecule has 1 heterocycles. The molecular weight excluding hydrogens is 330 g/mol. The third-order valence-electron chi connectivity index (χ3n) is 3.63. The van der Waals surface area contributed by atoms with E-state index in [1.165, 1.54) is 31.2 Å². The van der Waals surface area contributed by atoms with Crippen LogP contribution in [0.5, 0.6) is 0 Å². The molecule has 0 spiro atoms. The number of hydrogen-bond donors (Lipinski definition) is 2. The topological polar surface area (TPSA) is 62.7 Å². The molecule has 6 heteroatoms. The Morgan fingerprint density at radius 1 is 1.24 bits per heavy atom. The van der Waals surface area contributed by atoms with Gasteiger partial charge in [-0.25, -0.2) is 0 Å². The van der Waals surface area contributed by atoms with Crippen LogP contribution in [0, 0.1) is 6.92 Å². The van der Waals surface area contributed by atoms with Crippen LogP contribution in [-0.2, 0) is 0 Å². The van der Waals surface area contributed by atoms with E-state index in [2.05, 4.69) is 60.8 Å². The monoisotopic (exact) mass is 347 g/mol. The standard InChI is InChI=1S/C15H18BrN5/c1-10-6-7-13(12(16)8-10)19-14-9-17-21-15(20-14)18-11-4-2-3-5-11/h6-9,11H,2-5H2,1H3,(H2,18,19,20,21). The van der Waals surface area contributed by atoms with Crippen molar-refractivity contribution >= 4 is 33.4 Å². The molecule has 0 aliphatic heterocycles. The number of aromatic nitrogens is 3. The number of nitrogens with one attached hydrogen (secondary N) is 2. The Morgan fingerprint density at radius 2 is 2.05 bits per heavy atom. The Labute approximate surface area is 132 Å². The summed E-state index contributed by atoms with van der Waals surface area (Å²) in [6.45, 7) is 2.06. The van der Waals surface area contributed by atoms with Crippen molar-refractivity contribution in [1.82, 2.24) is 15.2 Å². The molecule has 1 aliphatic rings. The molecule has 21 heavy (non-hydrogen) atoms. The summed E-state index contributed by atoms with van der Waals surface area (Å²) in [5.41, 5.74) is 2.17. The molecule has 1 aromatic heterocycles. The minimum atomic E-state index is 0.480. The van der Waals surface area contributed by atoms with Gasteiger partial charge in [0.05, 0.1) is 11.9 Å². The van der Waals surface area contributed by atoms with Crippen LogP contribution in [0.15, 0.2) is 28.9 Å². The highest BCUT2D eigenvalue weighted by Gasteiger charge is 2.16. The summed E-state index contributed by atoms with van der Waals surface area (Å²) >= 11 is 3.55. The summed E-state index contributed by atoms with van der Waals surface area (Å²) in [6, 6.07) is 6.62. The smallest absolute Gasteiger partial charge is 0.244 e. The zero-order valence-electron chi connectivity index (χ0n) is 11.9. The summed E-state index contributed by atoms with van der Waals surface area (Å²) in [5.74, 6) is 1.28. The lowest BCUT2D eigenvalue weighted by Crippen LogP contribution is -2.17.